The molecular weight excluding hydrogens is 192 g/mol. The number of aryl methyl sites for hydroxylation is 1. The van der Waals surface area contributed by atoms with Crippen LogP contribution in [0.15, 0.2) is 18.7 Å². The summed E-state index contributed by atoms with van der Waals surface area (Å²) in [7, 11) is 0. The Kier molecular flexibility index (Phi) is 2.57. The molecule has 0 aromatic carbocycles. The molecular formula is C9H12N6. The largest absolute Gasteiger partial charge is 0.353 e. The Bertz CT molecular complexity index is 449. The van der Waals surface area contributed by atoms with Crippen LogP contribution in [0.5, 0.6) is 0 Å². The highest BCUT2D eigenvalue weighted by atomic mass is 15.4. The highest BCUT2D eigenvalue weighted by molar-refractivity contribution is 5.26. The van der Waals surface area contributed by atoms with Crippen molar-refractivity contribution in [2.45, 2.75) is 13.8 Å². The fourth-order valence-corrected chi connectivity index (χ4v) is 1.18. The third-order valence-electron chi connectivity index (χ3n) is 1.85. The summed E-state index contributed by atoms with van der Waals surface area (Å²) in [6.07, 6.45) is 3.14. The van der Waals surface area contributed by atoms with Crippen LogP contribution in [-0.4, -0.2) is 31.3 Å². The number of hydrogen-bond acceptors (Lipinski definition) is 5. The van der Waals surface area contributed by atoms with E-state index in [1.165, 1.54) is 6.33 Å². The van der Waals surface area contributed by atoms with E-state index in [1.54, 1.807) is 11.0 Å². The molecule has 0 aliphatic rings. The number of aromatic nitrogens is 5. The predicted octanol–water partition coefficient (Wildman–Crippen LogP) is 0.798. The second-order valence-electron chi connectivity index (χ2n) is 3.06. The molecule has 2 rings (SSSR count). The molecule has 0 fully saturated rings. The van der Waals surface area contributed by atoms with Gasteiger partial charge >= 0.3 is 0 Å². The smallest absolute Gasteiger partial charge is 0.242 e. The van der Waals surface area contributed by atoms with Crippen molar-refractivity contribution in [1.82, 2.24) is 24.7 Å². The monoisotopic (exact) mass is 204 g/mol. The molecule has 0 amide bonds. The minimum Gasteiger partial charge on any atom is -0.353 e. The van der Waals surface area contributed by atoms with Crippen molar-refractivity contribution in [2.24, 2.45) is 0 Å². The van der Waals surface area contributed by atoms with Gasteiger partial charge in [-0.3, -0.25) is 0 Å². The number of anilines is 1. The summed E-state index contributed by atoms with van der Waals surface area (Å²) < 4.78 is 1.62. The molecule has 2 aromatic rings. The molecule has 78 valence electrons. The molecule has 0 atom stereocenters. The fraction of sp³-hybridized carbons (Fsp3) is 0.333. The maximum Gasteiger partial charge on any atom is 0.242 e. The Hall–Kier alpha value is -1.98. The van der Waals surface area contributed by atoms with Gasteiger partial charge in [-0.2, -0.15) is 0 Å². The molecule has 15 heavy (non-hydrogen) atoms. The fourth-order valence-electron chi connectivity index (χ4n) is 1.18. The zero-order valence-corrected chi connectivity index (χ0v) is 8.68. The lowest BCUT2D eigenvalue weighted by Crippen LogP contribution is -2.02. The van der Waals surface area contributed by atoms with Gasteiger partial charge in [0.15, 0.2) is 5.82 Å². The van der Waals surface area contributed by atoms with Crippen LogP contribution < -0.4 is 5.32 Å². The average Bonchev–Trinajstić information content (AvgIpc) is 2.67. The van der Waals surface area contributed by atoms with Crippen LogP contribution in [0.1, 0.15) is 12.6 Å². The second-order valence-corrected chi connectivity index (χ2v) is 3.06. The van der Waals surface area contributed by atoms with Gasteiger partial charge in [-0.05, 0) is 13.8 Å². The first kappa shape index (κ1) is 9.57. The Morgan fingerprint density at radius 3 is 2.93 bits per heavy atom. The van der Waals surface area contributed by atoms with E-state index in [4.69, 9.17) is 0 Å². The van der Waals surface area contributed by atoms with Crippen molar-refractivity contribution in [3.63, 3.8) is 0 Å². The lowest BCUT2D eigenvalue weighted by molar-refractivity contribution is 0.833. The maximum atomic E-state index is 4.22. The van der Waals surface area contributed by atoms with E-state index in [1.807, 2.05) is 19.9 Å². The van der Waals surface area contributed by atoms with Gasteiger partial charge in [0.05, 0.1) is 0 Å². The Labute approximate surface area is 87.4 Å². The molecule has 0 unspecified atom stereocenters. The number of nitrogens with one attached hydrogen (secondary N) is 1. The molecule has 6 nitrogen and oxygen atoms in total. The van der Waals surface area contributed by atoms with Crippen molar-refractivity contribution >= 4 is 5.95 Å². The maximum absolute atomic E-state index is 4.22. The third-order valence-corrected chi connectivity index (χ3v) is 1.85. The van der Waals surface area contributed by atoms with E-state index in [9.17, 15) is 0 Å². The zero-order valence-electron chi connectivity index (χ0n) is 8.68. The number of rotatable bonds is 3. The summed E-state index contributed by atoms with van der Waals surface area (Å²) in [6.45, 7) is 4.70. The normalized spacial score (nSPS) is 10.3. The summed E-state index contributed by atoms with van der Waals surface area (Å²) in [4.78, 5) is 12.2. The molecule has 2 aromatic heterocycles. The summed E-state index contributed by atoms with van der Waals surface area (Å²) in [6, 6.07) is 1.85. The third kappa shape index (κ3) is 2.09. The van der Waals surface area contributed by atoms with Crippen LogP contribution in [0.3, 0.4) is 0 Å². The predicted molar refractivity (Wildman–Crippen MR) is 55.8 cm³/mol. The van der Waals surface area contributed by atoms with Crippen LogP contribution in [0, 0.1) is 6.92 Å². The number of hydrogen-bond donors (Lipinski definition) is 1. The Balaban J connectivity index is 2.29. The van der Waals surface area contributed by atoms with Gasteiger partial charge in [-0.25, -0.2) is 19.6 Å². The van der Waals surface area contributed by atoms with Gasteiger partial charge in [0, 0.05) is 18.3 Å². The van der Waals surface area contributed by atoms with Gasteiger partial charge in [0.25, 0.3) is 0 Å². The molecule has 0 spiro atoms. The van der Waals surface area contributed by atoms with Crippen LogP contribution in [-0.2, 0) is 0 Å². The molecule has 0 radical (unpaired) electrons. The minimum atomic E-state index is 0.605. The lowest BCUT2D eigenvalue weighted by Gasteiger charge is -1.99. The van der Waals surface area contributed by atoms with Crippen molar-refractivity contribution in [1.29, 1.82) is 0 Å². The van der Waals surface area contributed by atoms with Crippen LogP contribution >= 0.6 is 0 Å². The van der Waals surface area contributed by atoms with E-state index in [-0.39, 0.29) is 0 Å². The molecule has 2 heterocycles. The van der Waals surface area contributed by atoms with Gasteiger partial charge in [-0.1, -0.05) is 0 Å². The molecule has 1 N–H and O–H groups in total. The van der Waals surface area contributed by atoms with E-state index in [0.29, 0.717) is 5.95 Å². The lowest BCUT2D eigenvalue weighted by atomic mass is 10.4. The van der Waals surface area contributed by atoms with Crippen molar-refractivity contribution < 1.29 is 0 Å². The van der Waals surface area contributed by atoms with Gasteiger partial charge in [0.2, 0.25) is 5.95 Å². The zero-order chi connectivity index (χ0) is 10.7. The molecule has 0 aliphatic heterocycles. The first-order valence-electron chi connectivity index (χ1n) is 4.74. The molecule has 0 aliphatic carbocycles. The van der Waals surface area contributed by atoms with E-state index in [0.717, 1.165) is 18.1 Å². The quantitative estimate of drug-likeness (QED) is 0.800. The first-order valence-corrected chi connectivity index (χ1v) is 4.74. The van der Waals surface area contributed by atoms with Gasteiger partial charge in [-0.15, -0.1) is 5.10 Å². The standard InChI is InChI=1S/C9H12N6/c1-3-10-9-13-6-15(14-9)8-4-7(2)11-5-12-8/h4-6H,3H2,1-2H3,(H,10,14). The summed E-state index contributed by atoms with van der Waals surface area (Å²) in [5, 5.41) is 7.24. The highest BCUT2D eigenvalue weighted by Gasteiger charge is 2.02. The Morgan fingerprint density at radius 1 is 1.33 bits per heavy atom. The SMILES string of the molecule is CCNc1ncn(-c2cc(C)ncn2)n1. The van der Waals surface area contributed by atoms with Gasteiger partial charge in [0.1, 0.15) is 12.7 Å². The summed E-state index contributed by atoms with van der Waals surface area (Å²) >= 11 is 0. The van der Waals surface area contributed by atoms with E-state index < -0.39 is 0 Å². The number of nitrogens with zero attached hydrogens (tertiary/aromatic N) is 5. The molecule has 0 saturated heterocycles. The topological polar surface area (TPSA) is 68.5 Å². The molecule has 0 saturated carbocycles. The highest BCUT2D eigenvalue weighted by Crippen LogP contribution is 2.04. The summed E-state index contributed by atoms with van der Waals surface area (Å²) in [5.74, 6) is 1.33. The second kappa shape index (κ2) is 4.04. The van der Waals surface area contributed by atoms with E-state index in [2.05, 4.69) is 25.4 Å². The van der Waals surface area contributed by atoms with E-state index >= 15 is 0 Å². The van der Waals surface area contributed by atoms with Crippen LogP contribution in [0.25, 0.3) is 5.82 Å². The van der Waals surface area contributed by atoms with Crippen molar-refractivity contribution in [2.75, 3.05) is 11.9 Å². The van der Waals surface area contributed by atoms with Crippen LogP contribution in [0.2, 0.25) is 0 Å². The van der Waals surface area contributed by atoms with Crippen LogP contribution in [0.4, 0.5) is 5.95 Å². The molecule has 0 bridgehead atoms. The minimum absolute atomic E-state index is 0.605. The average molecular weight is 204 g/mol. The van der Waals surface area contributed by atoms with Gasteiger partial charge < -0.3 is 5.32 Å². The first-order chi connectivity index (χ1) is 7.29. The van der Waals surface area contributed by atoms with Crippen molar-refractivity contribution in [3.05, 3.63) is 24.4 Å². The summed E-state index contributed by atoms with van der Waals surface area (Å²) in [5.41, 5.74) is 0.903. The Morgan fingerprint density at radius 2 is 2.20 bits per heavy atom. The van der Waals surface area contributed by atoms with Crippen molar-refractivity contribution in [3.8, 4) is 5.82 Å². The molecule has 6 heteroatoms.